The smallest absolute Gasteiger partial charge is 0.220 e. The molecule has 1 amide bonds. The normalized spacial score (nSPS) is 25.4. The van der Waals surface area contributed by atoms with Crippen LogP contribution in [-0.4, -0.2) is 23.0 Å². The highest BCUT2D eigenvalue weighted by molar-refractivity contribution is 7.15. The van der Waals surface area contributed by atoms with Crippen LogP contribution in [0.15, 0.2) is 24.3 Å². The monoisotopic (exact) mass is 387 g/mol. The van der Waals surface area contributed by atoms with Crippen LogP contribution < -0.4 is 10.6 Å². The van der Waals surface area contributed by atoms with Crippen LogP contribution in [0.2, 0.25) is 0 Å². The maximum absolute atomic E-state index is 13.1. The molecule has 2 saturated heterocycles. The summed E-state index contributed by atoms with van der Waals surface area (Å²) in [5.41, 5.74) is 1.83. The Morgan fingerprint density at radius 3 is 2.63 bits per heavy atom. The minimum atomic E-state index is -0.251. The van der Waals surface area contributed by atoms with Crippen molar-refractivity contribution < 1.29 is 9.18 Å². The van der Waals surface area contributed by atoms with Crippen LogP contribution >= 0.6 is 11.3 Å². The first-order valence-corrected chi connectivity index (χ1v) is 10.6. The average molecular weight is 388 g/mol. The molecular weight excluding hydrogens is 361 g/mol. The zero-order chi connectivity index (χ0) is 19.0. The van der Waals surface area contributed by atoms with Gasteiger partial charge >= 0.3 is 0 Å². The summed E-state index contributed by atoms with van der Waals surface area (Å²) in [6, 6.07) is 7.54. The maximum atomic E-state index is 13.1. The van der Waals surface area contributed by atoms with Gasteiger partial charge in [-0.05, 0) is 69.7 Å². The van der Waals surface area contributed by atoms with Crippen LogP contribution in [0.1, 0.15) is 55.6 Å². The molecule has 2 bridgehead atoms. The van der Waals surface area contributed by atoms with Crippen LogP contribution in [0.3, 0.4) is 0 Å². The Bertz CT molecular complexity index is 807. The molecule has 2 N–H and O–H groups in total. The molecule has 0 spiro atoms. The van der Waals surface area contributed by atoms with Crippen molar-refractivity contribution in [2.75, 3.05) is 0 Å². The number of hydrogen-bond acceptors (Lipinski definition) is 4. The van der Waals surface area contributed by atoms with Crippen molar-refractivity contribution in [2.24, 2.45) is 5.92 Å². The molecule has 3 unspecified atom stereocenters. The number of carbonyl (C=O) groups excluding carboxylic acids is 1. The molecule has 0 saturated carbocycles. The van der Waals surface area contributed by atoms with E-state index < -0.39 is 0 Å². The highest BCUT2D eigenvalue weighted by Crippen LogP contribution is 2.34. The number of nitrogens with one attached hydrogen (secondary N) is 2. The molecule has 3 atom stereocenters. The fraction of sp³-hybridized carbons (Fsp3) is 0.524. The van der Waals surface area contributed by atoms with Crippen molar-refractivity contribution >= 4 is 17.2 Å². The van der Waals surface area contributed by atoms with E-state index in [0.717, 1.165) is 34.0 Å². The molecule has 4 nitrogen and oxygen atoms in total. The number of nitrogens with zero attached hydrogens (tertiary/aromatic N) is 1. The number of hydrogen-bond donors (Lipinski definition) is 2. The third-order valence-corrected chi connectivity index (χ3v) is 7.13. The average Bonchev–Trinajstić information content (AvgIpc) is 3.17. The number of benzene rings is 1. The Morgan fingerprint density at radius 2 is 1.96 bits per heavy atom. The predicted molar refractivity (Wildman–Crippen MR) is 106 cm³/mol. The Kier molecular flexibility index (Phi) is 5.28. The fourth-order valence-electron chi connectivity index (χ4n) is 4.50. The summed E-state index contributed by atoms with van der Waals surface area (Å²) in [6.45, 7) is 3.98. The van der Waals surface area contributed by atoms with Gasteiger partial charge in [0.2, 0.25) is 5.91 Å². The lowest BCUT2D eigenvalue weighted by Crippen LogP contribution is -2.40. The van der Waals surface area contributed by atoms with E-state index in [1.54, 1.807) is 23.5 Å². The molecule has 1 aromatic heterocycles. The number of amides is 1. The summed E-state index contributed by atoms with van der Waals surface area (Å²) in [4.78, 5) is 18.2. The molecule has 144 valence electrons. The fourth-order valence-corrected chi connectivity index (χ4v) is 5.57. The third kappa shape index (κ3) is 4.22. The molecule has 0 radical (unpaired) electrons. The van der Waals surface area contributed by atoms with Crippen LogP contribution in [0.5, 0.6) is 0 Å². The number of rotatable bonds is 5. The van der Waals surface area contributed by atoms with Crippen molar-refractivity contribution in [3.05, 3.63) is 40.7 Å². The molecule has 4 rings (SSSR count). The number of halogens is 1. The molecule has 2 aromatic rings. The van der Waals surface area contributed by atoms with Gasteiger partial charge in [0.05, 0.1) is 16.6 Å². The summed E-state index contributed by atoms with van der Waals surface area (Å²) in [5, 5.41) is 7.65. The van der Waals surface area contributed by atoms with Gasteiger partial charge in [0.1, 0.15) is 10.8 Å². The van der Waals surface area contributed by atoms with Crippen LogP contribution in [0.25, 0.3) is 10.6 Å². The third-order valence-electron chi connectivity index (χ3n) is 5.74. The Morgan fingerprint density at radius 1 is 1.30 bits per heavy atom. The molecule has 2 aliphatic rings. The largest absolute Gasteiger partial charge is 0.349 e. The number of carbonyl (C=O) groups is 1. The van der Waals surface area contributed by atoms with Gasteiger partial charge in [-0.3, -0.25) is 4.79 Å². The lowest BCUT2D eigenvalue weighted by Gasteiger charge is -2.29. The van der Waals surface area contributed by atoms with E-state index in [1.807, 2.05) is 13.8 Å². The second-order valence-corrected chi connectivity index (χ2v) is 8.97. The van der Waals surface area contributed by atoms with Gasteiger partial charge in [-0.1, -0.05) is 0 Å². The van der Waals surface area contributed by atoms with E-state index in [4.69, 9.17) is 0 Å². The molecule has 3 heterocycles. The van der Waals surface area contributed by atoms with Crippen LogP contribution in [0.4, 0.5) is 4.39 Å². The molecular formula is C21H26FN3OS. The van der Waals surface area contributed by atoms with Gasteiger partial charge in [-0.2, -0.15) is 0 Å². The van der Waals surface area contributed by atoms with Gasteiger partial charge in [-0.15, -0.1) is 11.3 Å². The Hall–Kier alpha value is -1.79. The Labute approximate surface area is 163 Å². The van der Waals surface area contributed by atoms with Gasteiger partial charge in [0.15, 0.2) is 0 Å². The van der Waals surface area contributed by atoms with Crippen molar-refractivity contribution in [3.63, 3.8) is 0 Å². The number of aryl methyl sites for hydroxylation is 1. The van der Waals surface area contributed by atoms with Gasteiger partial charge in [0, 0.05) is 24.1 Å². The summed E-state index contributed by atoms with van der Waals surface area (Å²) in [6.07, 6.45) is 5.36. The molecule has 2 fully saturated rings. The van der Waals surface area contributed by atoms with E-state index >= 15 is 0 Å². The zero-order valence-electron chi connectivity index (χ0n) is 15.8. The van der Waals surface area contributed by atoms with E-state index in [9.17, 15) is 9.18 Å². The molecule has 1 aromatic carbocycles. The van der Waals surface area contributed by atoms with Gasteiger partial charge in [-0.25, -0.2) is 9.37 Å². The second kappa shape index (κ2) is 7.68. The Balaban J connectivity index is 1.38. The van der Waals surface area contributed by atoms with Crippen LogP contribution in [0, 0.1) is 18.7 Å². The highest BCUT2D eigenvalue weighted by atomic mass is 32.1. The van der Waals surface area contributed by atoms with Crippen molar-refractivity contribution in [2.45, 2.75) is 64.1 Å². The minimum Gasteiger partial charge on any atom is -0.349 e. The van der Waals surface area contributed by atoms with Gasteiger partial charge < -0.3 is 10.6 Å². The summed E-state index contributed by atoms with van der Waals surface area (Å²) >= 11 is 1.57. The first-order chi connectivity index (χ1) is 13.0. The van der Waals surface area contributed by atoms with E-state index in [0.29, 0.717) is 24.4 Å². The maximum Gasteiger partial charge on any atom is 0.220 e. The second-order valence-electron chi connectivity index (χ2n) is 7.94. The van der Waals surface area contributed by atoms with Crippen LogP contribution in [-0.2, 0) is 4.79 Å². The number of thiazole rings is 1. The predicted octanol–water partition coefficient (Wildman–Crippen LogP) is 4.36. The first kappa shape index (κ1) is 18.6. The van der Waals surface area contributed by atoms with E-state index in [-0.39, 0.29) is 17.8 Å². The lowest BCUT2D eigenvalue weighted by atomic mass is 9.89. The van der Waals surface area contributed by atoms with E-state index in [1.165, 1.54) is 25.0 Å². The summed E-state index contributed by atoms with van der Waals surface area (Å²) < 4.78 is 13.1. The first-order valence-electron chi connectivity index (χ1n) is 9.76. The number of piperidine rings is 1. The highest BCUT2D eigenvalue weighted by Gasteiger charge is 2.34. The zero-order valence-corrected chi connectivity index (χ0v) is 16.6. The number of aromatic nitrogens is 1. The summed E-state index contributed by atoms with van der Waals surface area (Å²) in [7, 11) is 0. The standard InChI is InChI=1S/C21H26FN3OS/c1-12(23-19(26)11-14-9-17-7-8-18(10-14)25-17)20-13(2)24-21(27-20)15-3-5-16(22)6-4-15/h3-6,12,14,17-18,25H,7-11H2,1-2H3,(H,23,26). The van der Waals surface area contributed by atoms with E-state index in [2.05, 4.69) is 15.6 Å². The number of fused-ring (bicyclic) bond motifs is 2. The quantitative estimate of drug-likeness (QED) is 0.802. The lowest BCUT2D eigenvalue weighted by molar-refractivity contribution is -0.122. The van der Waals surface area contributed by atoms with Gasteiger partial charge in [0.25, 0.3) is 0 Å². The molecule has 2 aliphatic heterocycles. The molecule has 0 aliphatic carbocycles. The SMILES string of the molecule is Cc1nc(-c2ccc(F)cc2)sc1C(C)NC(=O)CC1CC2CCC(C1)N2. The molecule has 6 heteroatoms. The molecule has 27 heavy (non-hydrogen) atoms. The summed E-state index contributed by atoms with van der Waals surface area (Å²) in [5.74, 6) is 0.373. The minimum absolute atomic E-state index is 0.0670. The van der Waals surface area contributed by atoms with Crippen molar-refractivity contribution in [3.8, 4) is 10.6 Å². The topological polar surface area (TPSA) is 54.0 Å². The van der Waals surface area contributed by atoms with Crippen molar-refractivity contribution in [1.82, 2.24) is 15.6 Å². The van der Waals surface area contributed by atoms with Crippen molar-refractivity contribution in [1.29, 1.82) is 0 Å².